The molecule has 0 amide bonds. The Labute approximate surface area is 168 Å². The summed E-state index contributed by atoms with van der Waals surface area (Å²) in [6, 6.07) is 26.0. The summed E-state index contributed by atoms with van der Waals surface area (Å²) in [7, 11) is 0. The number of nitrogens with zero attached hydrogens (tertiary/aromatic N) is 1. The molecule has 5 nitrogen and oxygen atoms in total. The number of hydrogen-bond donors (Lipinski definition) is 2. The number of carbonyl (C=O) groups is 2. The lowest BCUT2D eigenvalue weighted by molar-refractivity contribution is 0.101. The third-order valence-electron chi connectivity index (χ3n) is 4.40. The molecule has 0 saturated carbocycles. The summed E-state index contributed by atoms with van der Waals surface area (Å²) in [6.07, 6.45) is 1.76. The second kappa shape index (κ2) is 9.28. The molecular weight excluding hydrogens is 362 g/mol. The molecule has 4 rings (SSSR count). The Balaban J connectivity index is 0.000000176. The normalized spacial score (nSPS) is 10.9. The van der Waals surface area contributed by atoms with Gasteiger partial charge in [0.2, 0.25) is 5.78 Å². The number of hydrogen-bond acceptors (Lipinski definition) is 4. The van der Waals surface area contributed by atoms with Crippen molar-refractivity contribution in [1.29, 1.82) is 0 Å². The zero-order valence-electron chi connectivity index (χ0n) is 16.0. The first-order chi connectivity index (χ1) is 14.1. The maximum atomic E-state index is 12.2. The number of ketones is 2. The smallest absolute Gasteiger partial charge is 0.213 e. The fraction of sp³-hybridized carbons (Fsp3) is 0.0417. The van der Waals surface area contributed by atoms with Crippen LogP contribution < -0.4 is 5.84 Å². The molecule has 0 atom stereocenters. The standard InChI is InChI=1S/C14H12N2O.C10H9NO/c15-16-13(11-7-3-1-4-8-11)14(17)12-9-5-2-6-10-12;1-7(12)9-6-11-10-5-3-2-4-8(9)10/h1-10H,15H2;2-6,11H,1H3. The minimum absolute atomic E-state index is 0.104. The van der Waals surface area contributed by atoms with E-state index in [0.717, 1.165) is 22.0 Å². The van der Waals surface area contributed by atoms with Crippen molar-refractivity contribution in [3.63, 3.8) is 0 Å². The van der Waals surface area contributed by atoms with E-state index in [1.165, 1.54) is 0 Å². The Bertz CT molecular complexity index is 1150. The van der Waals surface area contributed by atoms with Crippen LogP contribution in [0.4, 0.5) is 0 Å². The van der Waals surface area contributed by atoms with Gasteiger partial charge in [-0.05, 0) is 13.0 Å². The van der Waals surface area contributed by atoms with Gasteiger partial charge in [-0.1, -0.05) is 78.9 Å². The highest BCUT2D eigenvalue weighted by Crippen LogP contribution is 2.17. The lowest BCUT2D eigenvalue weighted by atomic mass is 10.0. The number of Topliss-reactive ketones (excluding diaryl/α,β-unsaturated/α-hetero) is 2. The van der Waals surface area contributed by atoms with Crippen molar-refractivity contribution in [2.75, 3.05) is 0 Å². The second-order valence-corrected chi connectivity index (χ2v) is 6.34. The topological polar surface area (TPSA) is 88.3 Å². The molecule has 1 heterocycles. The first-order valence-corrected chi connectivity index (χ1v) is 9.12. The van der Waals surface area contributed by atoms with Crippen molar-refractivity contribution in [2.24, 2.45) is 10.9 Å². The Morgan fingerprint density at radius 3 is 1.93 bits per heavy atom. The molecule has 1 aromatic heterocycles. The summed E-state index contributed by atoms with van der Waals surface area (Å²) in [6.45, 7) is 1.58. The first-order valence-electron chi connectivity index (χ1n) is 9.12. The van der Waals surface area contributed by atoms with Gasteiger partial charge in [0, 0.05) is 33.8 Å². The zero-order chi connectivity index (χ0) is 20.6. The van der Waals surface area contributed by atoms with Crippen molar-refractivity contribution in [3.8, 4) is 0 Å². The Morgan fingerprint density at radius 2 is 1.34 bits per heavy atom. The summed E-state index contributed by atoms with van der Waals surface area (Å²) in [5.74, 6) is 5.25. The van der Waals surface area contributed by atoms with Gasteiger partial charge in [-0.15, -0.1) is 0 Å². The van der Waals surface area contributed by atoms with Gasteiger partial charge in [0.25, 0.3) is 0 Å². The number of fused-ring (bicyclic) bond motifs is 1. The highest BCUT2D eigenvalue weighted by atomic mass is 16.1. The second-order valence-electron chi connectivity index (χ2n) is 6.34. The molecule has 0 aliphatic carbocycles. The fourth-order valence-electron chi connectivity index (χ4n) is 2.95. The fourth-order valence-corrected chi connectivity index (χ4v) is 2.95. The number of H-pyrrole nitrogens is 1. The van der Waals surface area contributed by atoms with E-state index in [0.29, 0.717) is 5.56 Å². The predicted octanol–water partition coefficient (Wildman–Crippen LogP) is 4.60. The number of hydrazone groups is 1. The highest BCUT2D eigenvalue weighted by Gasteiger charge is 2.15. The van der Waals surface area contributed by atoms with Gasteiger partial charge in [0.05, 0.1) is 0 Å². The SMILES string of the molecule is CC(=O)c1c[nH]c2ccccc12.NN=C(C(=O)c1ccccc1)c1ccccc1. The van der Waals surface area contributed by atoms with Gasteiger partial charge in [-0.25, -0.2) is 0 Å². The molecule has 0 saturated heterocycles. The summed E-state index contributed by atoms with van der Waals surface area (Å²) < 4.78 is 0. The third kappa shape index (κ3) is 4.65. The van der Waals surface area contributed by atoms with Crippen LogP contribution in [0, 0.1) is 0 Å². The van der Waals surface area contributed by atoms with E-state index in [-0.39, 0.29) is 17.3 Å². The van der Waals surface area contributed by atoms with E-state index in [2.05, 4.69) is 10.1 Å². The number of aromatic nitrogens is 1. The largest absolute Gasteiger partial charge is 0.360 e. The van der Waals surface area contributed by atoms with E-state index in [1.54, 1.807) is 25.3 Å². The van der Waals surface area contributed by atoms with Crippen molar-refractivity contribution >= 4 is 28.2 Å². The Kier molecular flexibility index (Phi) is 6.32. The average molecular weight is 383 g/mol. The number of nitrogens with one attached hydrogen (secondary N) is 1. The molecule has 4 aromatic rings. The van der Waals surface area contributed by atoms with Gasteiger partial charge in [-0.2, -0.15) is 5.10 Å². The Morgan fingerprint density at radius 1 is 0.793 bits per heavy atom. The lowest BCUT2D eigenvalue weighted by Gasteiger charge is -2.04. The molecule has 29 heavy (non-hydrogen) atoms. The Hall–Kier alpha value is -3.99. The predicted molar refractivity (Wildman–Crippen MR) is 116 cm³/mol. The third-order valence-corrected chi connectivity index (χ3v) is 4.40. The van der Waals surface area contributed by atoms with Crippen LogP contribution in [0.15, 0.2) is 96.2 Å². The van der Waals surface area contributed by atoms with E-state index in [9.17, 15) is 9.59 Å². The first kappa shape index (κ1) is 19.8. The number of para-hydroxylation sites is 1. The molecular formula is C24H21N3O2. The minimum Gasteiger partial charge on any atom is -0.360 e. The summed E-state index contributed by atoms with van der Waals surface area (Å²) >= 11 is 0. The molecule has 0 bridgehead atoms. The number of carbonyl (C=O) groups excluding carboxylic acids is 2. The van der Waals surface area contributed by atoms with Crippen molar-refractivity contribution in [1.82, 2.24) is 4.98 Å². The van der Waals surface area contributed by atoms with E-state index in [4.69, 9.17) is 5.84 Å². The van der Waals surface area contributed by atoms with Crippen LogP contribution >= 0.6 is 0 Å². The maximum Gasteiger partial charge on any atom is 0.213 e. The zero-order valence-corrected chi connectivity index (χ0v) is 16.0. The van der Waals surface area contributed by atoms with Crippen LogP contribution in [-0.2, 0) is 0 Å². The number of rotatable bonds is 4. The van der Waals surface area contributed by atoms with Crippen molar-refractivity contribution in [3.05, 3.63) is 108 Å². The average Bonchev–Trinajstić information content (AvgIpc) is 3.21. The molecule has 144 valence electrons. The summed E-state index contributed by atoms with van der Waals surface area (Å²) in [5, 5.41) is 4.61. The maximum absolute atomic E-state index is 12.2. The van der Waals surface area contributed by atoms with Gasteiger partial charge < -0.3 is 10.8 Å². The quantitative estimate of drug-likeness (QED) is 0.234. The molecule has 0 unspecified atom stereocenters. The molecule has 0 aliphatic heterocycles. The van der Waals surface area contributed by atoms with Crippen LogP contribution in [-0.4, -0.2) is 22.3 Å². The number of nitrogens with two attached hydrogens (primary N) is 1. The van der Waals surface area contributed by atoms with E-state index < -0.39 is 0 Å². The molecule has 0 radical (unpaired) electrons. The van der Waals surface area contributed by atoms with Crippen molar-refractivity contribution < 1.29 is 9.59 Å². The van der Waals surface area contributed by atoms with Crippen LogP contribution in [0.5, 0.6) is 0 Å². The minimum atomic E-state index is -0.167. The van der Waals surface area contributed by atoms with Crippen LogP contribution in [0.25, 0.3) is 10.9 Å². The molecule has 0 spiro atoms. The monoisotopic (exact) mass is 383 g/mol. The number of benzene rings is 3. The van der Waals surface area contributed by atoms with Gasteiger partial charge in [0.1, 0.15) is 5.71 Å². The van der Waals surface area contributed by atoms with E-state index in [1.807, 2.05) is 72.8 Å². The van der Waals surface area contributed by atoms with Crippen LogP contribution in [0.3, 0.4) is 0 Å². The van der Waals surface area contributed by atoms with Gasteiger partial charge >= 0.3 is 0 Å². The molecule has 5 heteroatoms. The van der Waals surface area contributed by atoms with Crippen LogP contribution in [0.2, 0.25) is 0 Å². The highest BCUT2D eigenvalue weighted by molar-refractivity contribution is 6.51. The summed E-state index contributed by atoms with van der Waals surface area (Å²) in [5.41, 5.74) is 3.37. The molecule has 3 aromatic carbocycles. The molecule has 0 fully saturated rings. The molecule has 0 aliphatic rings. The summed E-state index contributed by atoms with van der Waals surface area (Å²) in [4.78, 5) is 26.3. The van der Waals surface area contributed by atoms with Crippen LogP contribution in [0.1, 0.15) is 33.2 Å². The van der Waals surface area contributed by atoms with Gasteiger partial charge in [0.15, 0.2) is 5.78 Å². The molecule has 3 N–H and O–H groups in total. The van der Waals surface area contributed by atoms with Crippen molar-refractivity contribution in [2.45, 2.75) is 6.92 Å². The number of aromatic amines is 1. The van der Waals surface area contributed by atoms with Gasteiger partial charge in [-0.3, -0.25) is 9.59 Å². The van der Waals surface area contributed by atoms with E-state index >= 15 is 0 Å². The lowest BCUT2D eigenvalue weighted by Crippen LogP contribution is -2.17.